The number of hydroxylamine groups is 2. The molecule has 1 N–H and O–H groups in total. The molecule has 1 aromatic rings. The number of alkyl halides is 3. The van der Waals surface area contributed by atoms with Crippen molar-refractivity contribution in [3.05, 3.63) is 35.9 Å². The molecule has 1 aromatic carbocycles. The Morgan fingerprint density at radius 3 is 2.61 bits per heavy atom. The Kier molecular flexibility index (Phi) is 4.48. The molecule has 0 spiro atoms. The molecule has 1 aliphatic heterocycles. The summed E-state index contributed by atoms with van der Waals surface area (Å²) in [6.07, 6.45) is -2.62. The van der Waals surface area contributed by atoms with Crippen molar-refractivity contribution in [2.75, 3.05) is 6.54 Å². The van der Waals surface area contributed by atoms with Crippen LogP contribution in [0.1, 0.15) is 37.5 Å². The molecule has 0 aromatic heterocycles. The molecule has 0 radical (unpaired) electrons. The van der Waals surface area contributed by atoms with Gasteiger partial charge >= 0.3 is 12.2 Å². The van der Waals surface area contributed by atoms with Gasteiger partial charge in [0, 0.05) is 12.1 Å². The van der Waals surface area contributed by atoms with Crippen LogP contribution in [0.3, 0.4) is 0 Å². The highest BCUT2D eigenvalue weighted by Crippen LogP contribution is 2.41. The van der Waals surface area contributed by atoms with Crippen LogP contribution in [0.4, 0.5) is 18.0 Å². The number of rotatable bonds is 3. The number of halogens is 3. The quantitative estimate of drug-likeness (QED) is 0.852. The molecule has 1 saturated carbocycles. The minimum Gasteiger partial charge on any atom is -0.336 e. The Balaban J connectivity index is 1.51. The second-order valence-corrected chi connectivity index (χ2v) is 6.07. The predicted molar refractivity (Wildman–Crippen MR) is 77.0 cm³/mol. The topological polar surface area (TPSA) is 44.6 Å². The van der Waals surface area contributed by atoms with Crippen LogP contribution in [0.5, 0.6) is 0 Å². The summed E-state index contributed by atoms with van der Waals surface area (Å²) in [4.78, 5) is 17.2. The predicted octanol–water partition coefficient (Wildman–Crippen LogP) is 4.01. The standard InChI is InChI=1S/C16H19F3N2O2/c17-16(18,19)13-9-5-4-8-12(13)10-20-15(22)21-14(23-21)11-6-2-1-3-7-11/h1-3,6-7,12-14H,4-5,8-10H2,(H,20,22)/t12-,13-,14?,21?/m0/s1. The summed E-state index contributed by atoms with van der Waals surface area (Å²) >= 11 is 0. The minimum absolute atomic E-state index is 0.0321. The summed E-state index contributed by atoms with van der Waals surface area (Å²) in [6, 6.07) is 8.71. The number of carbonyl (C=O) groups excluding carboxylic acids is 1. The van der Waals surface area contributed by atoms with Gasteiger partial charge in [-0.25, -0.2) is 9.63 Å². The monoisotopic (exact) mass is 328 g/mol. The molecular formula is C16H19F3N2O2. The largest absolute Gasteiger partial charge is 0.392 e. The van der Waals surface area contributed by atoms with Crippen molar-refractivity contribution in [3.63, 3.8) is 0 Å². The lowest BCUT2D eigenvalue weighted by Gasteiger charge is -2.32. The van der Waals surface area contributed by atoms with E-state index in [4.69, 9.17) is 4.84 Å². The van der Waals surface area contributed by atoms with E-state index in [0.29, 0.717) is 12.8 Å². The van der Waals surface area contributed by atoms with E-state index in [-0.39, 0.29) is 13.0 Å². The number of hydrogen-bond acceptors (Lipinski definition) is 2. The lowest BCUT2D eigenvalue weighted by atomic mass is 9.79. The third kappa shape index (κ3) is 3.77. The number of carbonyl (C=O) groups is 1. The molecule has 2 aliphatic rings. The van der Waals surface area contributed by atoms with Gasteiger partial charge in [-0.05, 0) is 18.8 Å². The van der Waals surface area contributed by atoms with E-state index in [1.54, 1.807) is 0 Å². The molecule has 0 bridgehead atoms. The van der Waals surface area contributed by atoms with Crippen LogP contribution in [-0.4, -0.2) is 23.8 Å². The van der Waals surface area contributed by atoms with Crippen molar-refractivity contribution in [1.82, 2.24) is 10.4 Å². The summed E-state index contributed by atoms with van der Waals surface area (Å²) < 4.78 is 39.1. The van der Waals surface area contributed by atoms with E-state index in [1.807, 2.05) is 30.3 Å². The van der Waals surface area contributed by atoms with Gasteiger partial charge in [-0.3, -0.25) is 0 Å². The van der Waals surface area contributed by atoms with Crippen molar-refractivity contribution < 1.29 is 22.8 Å². The highest BCUT2D eigenvalue weighted by molar-refractivity contribution is 5.74. The second-order valence-electron chi connectivity index (χ2n) is 6.07. The molecule has 2 fully saturated rings. The molecular weight excluding hydrogens is 309 g/mol. The first-order valence-electron chi connectivity index (χ1n) is 7.82. The Morgan fingerprint density at radius 2 is 1.91 bits per heavy atom. The van der Waals surface area contributed by atoms with E-state index in [9.17, 15) is 18.0 Å². The number of benzene rings is 1. The number of hydrogen-bond donors (Lipinski definition) is 1. The van der Waals surface area contributed by atoms with Crippen LogP contribution in [0, 0.1) is 11.8 Å². The molecule has 4 nitrogen and oxygen atoms in total. The van der Waals surface area contributed by atoms with Gasteiger partial charge in [0.1, 0.15) is 0 Å². The van der Waals surface area contributed by atoms with Gasteiger partial charge in [-0.1, -0.05) is 43.2 Å². The lowest BCUT2D eigenvalue weighted by Crippen LogP contribution is -2.41. The minimum atomic E-state index is -4.20. The first-order valence-corrected chi connectivity index (χ1v) is 7.82. The lowest BCUT2D eigenvalue weighted by molar-refractivity contribution is -0.195. The normalized spacial score (nSPS) is 27.6. The van der Waals surface area contributed by atoms with E-state index >= 15 is 0 Å². The maximum atomic E-state index is 13.0. The zero-order chi connectivity index (χ0) is 16.4. The number of nitrogens with one attached hydrogen (secondary N) is 1. The Labute approximate surface area is 132 Å². The maximum Gasteiger partial charge on any atom is 0.392 e. The average Bonchev–Trinajstić information content (AvgIpc) is 3.33. The smallest absolute Gasteiger partial charge is 0.336 e. The number of urea groups is 1. The molecule has 23 heavy (non-hydrogen) atoms. The Hall–Kier alpha value is -1.76. The summed E-state index contributed by atoms with van der Waals surface area (Å²) in [6.45, 7) is 0.0321. The van der Waals surface area contributed by atoms with Gasteiger partial charge < -0.3 is 5.32 Å². The van der Waals surface area contributed by atoms with Crippen molar-refractivity contribution in [2.24, 2.45) is 11.8 Å². The SMILES string of the molecule is O=C(NC[C@@H]1CCCC[C@@H]1C(F)(F)F)N1OC1c1ccccc1. The zero-order valence-electron chi connectivity index (χ0n) is 12.6. The van der Waals surface area contributed by atoms with Crippen LogP contribution in [0.15, 0.2) is 30.3 Å². The molecule has 1 aliphatic carbocycles. The van der Waals surface area contributed by atoms with Gasteiger partial charge in [0.2, 0.25) is 6.23 Å². The summed E-state index contributed by atoms with van der Waals surface area (Å²) in [7, 11) is 0. The number of nitrogens with zero attached hydrogens (tertiary/aromatic N) is 1. The summed E-state index contributed by atoms with van der Waals surface area (Å²) in [5.74, 6) is -1.88. The molecule has 3 rings (SSSR count). The van der Waals surface area contributed by atoms with Crippen LogP contribution < -0.4 is 5.32 Å². The van der Waals surface area contributed by atoms with E-state index in [2.05, 4.69) is 5.32 Å². The molecule has 2 amide bonds. The number of amides is 2. The van der Waals surface area contributed by atoms with Gasteiger partial charge in [0.15, 0.2) is 0 Å². The third-order valence-electron chi connectivity index (χ3n) is 4.51. The molecule has 7 heteroatoms. The molecule has 1 heterocycles. The fraction of sp³-hybridized carbons (Fsp3) is 0.562. The zero-order valence-corrected chi connectivity index (χ0v) is 12.6. The van der Waals surface area contributed by atoms with Crippen molar-refractivity contribution in [3.8, 4) is 0 Å². The van der Waals surface area contributed by atoms with E-state index < -0.39 is 30.3 Å². The van der Waals surface area contributed by atoms with Crippen LogP contribution >= 0.6 is 0 Å². The molecule has 3 atom stereocenters. The highest BCUT2D eigenvalue weighted by Gasteiger charge is 2.46. The van der Waals surface area contributed by atoms with Crippen molar-refractivity contribution in [2.45, 2.75) is 38.1 Å². The Morgan fingerprint density at radius 1 is 1.22 bits per heavy atom. The Bertz CT molecular complexity index is 550. The van der Waals surface area contributed by atoms with E-state index in [0.717, 1.165) is 17.0 Å². The third-order valence-corrected chi connectivity index (χ3v) is 4.51. The fourth-order valence-electron chi connectivity index (χ4n) is 3.23. The molecule has 1 saturated heterocycles. The molecule has 1 unspecified atom stereocenters. The summed E-state index contributed by atoms with van der Waals surface area (Å²) in [5.41, 5.74) is 0.841. The van der Waals surface area contributed by atoms with Crippen molar-refractivity contribution >= 4 is 6.03 Å². The van der Waals surface area contributed by atoms with Gasteiger partial charge in [0.05, 0.1) is 5.92 Å². The van der Waals surface area contributed by atoms with Crippen LogP contribution in [0.2, 0.25) is 0 Å². The second kappa shape index (κ2) is 6.39. The van der Waals surface area contributed by atoms with Crippen LogP contribution in [-0.2, 0) is 4.84 Å². The van der Waals surface area contributed by atoms with Gasteiger partial charge in [0.25, 0.3) is 0 Å². The first-order chi connectivity index (χ1) is 11.0. The van der Waals surface area contributed by atoms with Crippen LogP contribution in [0.25, 0.3) is 0 Å². The average molecular weight is 328 g/mol. The van der Waals surface area contributed by atoms with Gasteiger partial charge in [-0.2, -0.15) is 18.2 Å². The van der Waals surface area contributed by atoms with E-state index in [1.165, 1.54) is 0 Å². The summed E-state index contributed by atoms with van der Waals surface area (Å²) in [5, 5.41) is 3.73. The maximum absolute atomic E-state index is 13.0. The highest BCUT2D eigenvalue weighted by atomic mass is 19.4. The molecule has 126 valence electrons. The fourth-order valence-corrected chi connectivity index (χ4v) is 3.23. The van der Waals surface area contributed by atoms with Crippen molar-refractivity contribution in [1.29, 1.82) is 0 Å². The first kappa shape index (κ1) is 16.1. The van der Waals surface area contributed by atoms with Gasteiger partial charge in [-0.15, -0.1) is 0 Å².